The Kier molecular flexibility index (Phi) is 10.2. The average Bonchev–Trinajstić information content (AvgIpc) is 3.24. The largest absolute Gasteiger partial charge is 0.506 e. The lowest BCUT2D eigenvalue weighted by molar-refractivity contribution is -0.142. The molecule has 12 heteroatoms. The molecule has 11 nitrogen and oxygen atoms in total. The van der Waals surface area contributed by atoms with Gasteiger partial charge in [-0.1, -0.05) is 35.9 Å². The van der Waals surface area contributed by atoms with Gasteiger partial charge in [0.15, 0.2) is 6.10 Å². The van der Waals surface area contributed by atoms with E-state index in [1.807, 2.05) is 34.1 Å². The summed E-state index contributed by atoms with van der Waals surface area (Å²) in [5, 5.41) is 13.1. The first-order chi connectivity index (χ1) is 22.2. The molecule has 3 saturated heterocycles. The monoisotopic (exact) mass is 652 g/mol. The molecule has 0 aliphatic carbocycles. The van der Waals surface area contributed by atoms with Gasteiger partial charge in [0.25, 0.3) is 5.91 Å². The maximum absolute atomic E-state index is 13.9. The van der Waals surface area contributed by atoms with Crippen LogP contribution in [0.2, 0.25) is 5.02 Å². The number of nitrogens with zero attached hydrogens (tertiary/aromatic N) is 5. The number of carbonyl (C=O) groups excluding carboxylic acids is 3. The Morgan fingerprint density at radius 1 is 0.913 bits per heavy atom. The molecule has 6 rings (SSSR count). The fourth-order valence-corrected chi connectivity index (χ4v) is 7.41. The van der Waals surface area contributed by atoms with Gasteiger partial charge in [0, 0.05) is 83.1 Å². The number of urea groups is 1. The van der Waals surface area contributed by atoms with E-state index in [0.29, 0.717) is 57.2 Å². The standard InChI is InChI=1S/C34H45ClN6O5/c1-37-18-20-38(21-19-37)26-9-13-39(14-10-26)32(43)31(23-24-6-7-30(42)28(35)22-24)46-34(45)40-15-11-27(12-16-40)41-17-8-25-4-2-3-5-29(25)36-33(41)44/h2-7,22,26-27,31,42H,8-21,23H2,1H3,(H,36,44). The van der Waals surface area contributed by atoms with Gasteiger partial charge in [0.05, 0.1) is 5.02 Å². The highest BCUT2D eigenvalue weighted by atomic mass is 35.5. The number of amides is 4. The second kappa shape index (κ2) is 14.5. The Bertz CT molecular complexity index is 1400. The van der Waals surface area contributed by atoms with E-state index in [1.165, 1.54) is 6.07 Å². The first-order valence-corrected chi connectivity index (χ1v) is 16.9. The van der Waals surface area contributed by atoms with E-state index in [0.717, 1.165) is 56.7 Å². The summed E-state index contributed by atoms with van der Waals surface area (Å²) in [6, 6.07) is 13.0. The Balaban J connectivity index is 1.07. The molecule has 248 valence electrons. The molecule has 1 unspecified atom stereocenters. The number of phenols is 1. The number of anilines is 1. The summed E-state index contributed by atoms with van der Waals surface area (Å²) in [7, 11) is 2.15. The van der Waals surface area contributed by atoms with E-state index in [4.69, 9.17) is 16.3 Å². The Morgan fingerprint density at radius 3 is 2.30 bits per heavy atom. The molecular formula is C34H45ClN6O5. The van der Waals surface area contributed by atoms with Crippen LogP contribution >= 0.6 is 11.6 Å². The van der Waals surface area contributed by atoms with Crippen LogP contribution in [0.1, 0.15) is 36.8 Å². The quantitative estimate of drug-likeness (QED) is 0.488. The number of ether oxygens (including phenoxy) is 1. The van der Waals surface area contributed by atoms with Crippen molar-refractivity contribution < 1.29 is 24.2 Å². The minimum atomic E-state index is -1.01. The maximum atomic E-state index is 13.9. The molecule has 1 atom stereocenters. The normalized spacial score (nSPS) is 21.3. The van der Waals surface area contributed by atoms with E-state index >= 15 is 0 Å². The summed E-state index contributed by atoms with van der Waals surface area (Å²) in [4.78, 5) is 50.7. The summed E-state index contributed by atoms with van der Waals surface area (Å²) >= 11 is 6.18. The lowest BCUT2D eigenvalue weighted by Crippen LogP contribution is -2.54. The van der Waals surface area contributed by atoms with E-state index in [1.54, 1.807) is 17.0 Å². The van der Waals surface area contributed by atoms with Crippen LogP contribution in [-0.4, -0.2) is 132 Å². The van der Waals surface area contributed by atoms with Crippen molar-refractivity contribution in [2.24, 2.45) is 0 Å². The summed E-state index contributed by atoms with van der Waals surface area (Å²) in [6.45, 7) is 6.93. The van der Waals surface area contributed by atoms with Crippen molar-refractivity contribution in [1.82, 2.24) is 24.5 Å². The fraction of sp³-hybridized carbons (Fsp3) is 0.559. The van der Waals surface area contributed by atoms with Crippen molar-refractivity contribution in [1.29, 1.82) is 0 Å². The van der Waals surface area contributed by atoms with Crippen LogP contribution in [0.4, 0.5) is 15.3 Å². The van der Waals surface area contributed by atoms with Crippen molar-refractivity contribution in [3.8, 4) is 5.75 Å². The predicted molar refractivity (Wildman–Crippen MR) is 176 cm³/mol. The smallest absolute Gasteiger partial charge is 0.410 e. The average molecular weight is 653 g/mol. The summed E-state index contributed by atoms with van der Waals surface area (Å²) in [6.07, 6.45) is 2.44. The molecule has 0 bridgehead atoms. The number of likely N-dealkylation sites (N-methyl/N-ethyl adjacent to an activating group) is 1. The first kappa shape index (κ1) is 32.4. The summed E-state index contributed by atoms with van der Waals surface area (Å²) < 4.78 is 5.98. The highest BCUT2D eigenvalue weighted by molar-refractivity contribution is 6.32. The number of halogens is 1. The van der Waals surface area contributed by atoms with Gasteiger partial charge in [-0.15, -0.1) is 0 Å². The van der Waals surface area contributed by atoms with Crippen molar-refractivity contribution in [3.63, 3.8) is 0 Å². The number of nitrogens with one attached hydrogen (secondary N) is 1. The van der Waals surface area contributed by atoms with Crippen molar-refractivity contribution in [2.75, 3.05) is 71.3 Å². The van der Waals surface area contributed by atoms with Gasteiger partial charge in [-0.25, -0.2) is 9.59 Å². The van der Waals surface area contributed by atoms with Crippen LogP contribution in [0.5, 0.6) is 5.75 Å². The van der Waals surface area contributed by atoms with Crippen LogP contribution in [-0.2, 0) is 22.4 Å². The number of hydrogen-bond donors (Lipinski definition) is 2. The number of piperidine rings is 2. The third-order valence-electron chi connectivity index (χ3n) is 10.1. The van der Waals surface area contributed by atoms with E-state index in [9.17, 15) is 19.5 Å². The molecule has 46 heavy (non-hydrogen) atoms. The molecule has 2 aromatic carbocycles. The number of rotatable bonds is 6. The maximum Gasteiger partial charge on any atom is 0.410 e. The lowest BCUT2D eigenvalue weighted by atomic mass is 10.0. The van der Waals surface area contributed by atoms with Crippen LogP contribution < -0.4 is 5.32 Å². The van der Waals surface area contributed by atoms with Crippen LogP contribution in [0.15, 0.2) is 42.5 Å². The molecule has 4 aliphatic rings. The summed E-state index contributed by atoms with van der Waals surface area (Å²) in [5.41, 5.74) is 2.67. The van der Waals surface area contributed by atoms with Crippen LogP contribution in [0.25, 0.3) is 0 Å². The van der Waals surface area contributed by atoms with Crippen molar-refractivity contribution >= 4 is 35.3 Å². The molecule has 3 fully saturated rings. The summed E-state index contributed by atoms with van der Waals surface area (Å²) in [5.74, 6) is -0.244. The number of aromatic hydroxyl groups is 1. The van der Waals surface area contributed by atoms with Gasteiger partial charge in [0.2, 0.25) is 0 Å². The molecule has 2 aromatic rings. The molecule has 0 radical (unpaired) electrons. The topological polar surface area (TPSA) is 109 Å². The highest BCUT2D eigenvalue weighted by Crippen LogP contribution is 2.27. The zero-order valence-electron chi connectivity index (χ0n) is 26.6. The Hall–Kier alpha value is -3.54. The van der Waals surface area contributed by atoms with Gasteiger partial charge in [-0.3, -0.25) is 9.69 Å². The number of benzene rings is 2. The first-order valence-electron chi connectivity index (χ1n) is 16.5. The highest BCUT2D eigenvalue weighted by Gasteiger charge is 2.36. The molecule has 0 spiro atoms. The second-order valence-electron chi connectivity index (χ2n) is 13.0. The minimum Gasteiger partial charge on any atom is -0.506 e. The van der Waals surface area contributed by atoms with Gasteiger partial charge >= 0.3 is 12.1 Å². The van der Waals surface area contributed by atoms with Crippen molar-refractivity contribution in [2.45, 2.75) is 56.7 Å². The number of piperazine rings is 1. The molecule has 2 N–H and O–H groups in total. The number of hydrogen-bond acceptors (Lipinski definition) is 7. The Labute approximate surface area is 276 Å². The number of phenolic OH excluding ortho intramolecular Hbond substituents is 1. The zero-order valence-corrected chi connectivity index (χ0v) is 27.3. The van der Waals surface area contributed by atoms with E-state index < -0.39 is 12.2 Å². The minimum absolute atomic E-state index is 0.0107. The predicted octanol–water partition coefficient (Wildman–Crippen LogP) is 3.89. The number of para-hydroxylation sites is 1. The third-order valence-corrected chi connectivity index (χ3v) is 10.4. The number of fused-ring (bicyclic) bond motifs is 1. The number of likely N-dealkylation sites (tertiary alicyclic amines) is 2. The molecule has 4 amide bonds. The molecule has 0 saturated carbocycles. The van der Waals surface area contributed by atoms with Crippen LogP contribution in [0.3, 0.4) is 0 Å². The molecule has 4 heterocycles. The number of carbonyl (C=O) groups is 3. The fourth-order valence-electron chi connectivity index (χ4n) is 7.21. The van der Waals surface area contributed by atoms with E-state index in [-0.39, 0.29) is 35.2 Å². The van der Waals surface area contributed by atoms with Crippen LogP contribution in [0, 0.1) is 0 Å². The van der Waals surface area contributed by atoms with E-state index in [2.05, 4.69) is 22.2 Å². The van der Waals surface area contributed by atoms with Crippen molar-refractivity contribution in [3.05, 3.63) is 58.6 Å². The van der Waals surface area contributed by atoms with Gasteiger partial charge < -0.3 is 34.8 Å². The third kappa shape index (κ3) is 7.53. The SMILES string of the molecule is CN1CCN(C2CCN(C(=O)C(Cc3ccc(O)c(Cl)c3)OC(=O)N3CCC(N4CCc5ccccc5NC4=O)CC3)CC2)CC1. The van der Waals surface area contributed by atoms with Gasteiger partial charge in [0.1, 0.15) is 5.75 Å². The molecule has 4 aliphatic heterocycles. The Morgan fingerprint density at radius 2 is 1.59 bits per heavy atom. The second-order valence-corrected chi connectivity index (χ2v) is 13.4. The lowest BCUT2D eigenvalue weighted by Gasteiger charge is -2.42. The molecule has 0 aromatic heterocycles. The van der Waals surface area contributed by atoms with Gasteiger partial charge in [-0.2, -0.15) is 0 Å². The zero-order chi connectivity index (χ0) is 32.2. The van der Waals surface area contributed by atoms with Gasteiger partial charge in [-0.05, 0) is 68.5 Å². The molecular weight excluding hydrogens is 608 g/mol.